The van der Waals surface area contributed by atoms with Crippen LogP contribution in [0.4, 0.5) is 0 Å². The number of hydrogen-bond acceptors (Lipinski definition) is 5. The number of H-pyrrole nitrogens is 1. The molecule has 0 bridgehead atoms. The van der Waals surface area contributed by atoms with Crippen LogP contribution < -0.4 is 10.1 Å². The topological polar surface area (TPSA) is 92.8 Å². The summed E-state index contributed by atoms with van der Waals surface area (Å²) in [5.74, 6) is 0.846. The molecule has 1 aromatic carbocycles. The molecule has 2 unspecified atom stereocenters. The number of rotatable bonds is 5. The van der Waals surface area contributed by atoms with Crippen molar-refractivity contribution in [3.05, 3.63) is 36.2 Å². The fourth-order valence-corrected chi connectivity index (χ4v) is 1.50. The van der Waals surface area contributed by atoms with Crippen LogP contribution in [0.1, 0.15) is 25.7 Å². The molecule has 0 aliphatic carbocycles. The first-order valence-electron chi connectivity index (χ1n) is 5.92. The van der Waals surface area contributed by atoms with Gasteiger partial charge in [-0.3, -0.25) is 4.79 Å². The second-order valence-electron chi connectivity index (χ2n) is 4.07. The van der Waals surface area contributed by atoms with Gasteiger partial charge >= 0.3 is 0 Å². The summed E-state index contributed by atoms with van der Waals surface area (Å²) in [6.45, 7) is 3.46. The van der Waals surface area contributed by atoms with E-state index < -0.39 is 6.10 Å². The van der Waals surface area contributed by atoms with Gasteiger partial charge in [-0.2, -0.15) is 5.21 Å². The Morgan fingerprint density at radius 3 is 2.68 bits per heavy atom. The minimum Gasteiger partial charge on any atom is -0.481 e. The molecule has 0 aliphatic heterocycles. The second kappa shape index (κ2) is 5.94. The highest BCUT2D eigenvalue weighted by molar-refractivity contribution is 5.81. The van der Waals surface area contributed by atoms with Gasteiger partial charge in [0, 0.05) is 0 Å². The zero-order chi connectivity index (χ0) is 13.7. The number of para-hydroxylation sites is 1. The molecule has 0 saturated heterocycles. The van der Waals surface area contributed by atoms with Crippen LogP contribution in [0.25, 0.3) is 0 Å². The van der Waals surface area contributed by atoms with Gasteiger partial charge in [0.15, 0.2) is 11.9 Å². The molecule has 1 heterocycles. The summed E-state index contributed by atoms with van der Waals surface area (Å²) in [5, 5.41) is 16.2. The van der Waals surface area contributed by atoms with Crippen LogP contribution in [-0.2, 0) is 4.79 Å². The van der Waals surface area contributed by atoms with Crippen LogP contribution in [0.3, 0.4) is 0 Å². The van der Waals surface area contributed by atoms with E-state index >= 15 is 0 Å². The Bertz CT molecular complexity index is 514. The number of nitrogens with zero attached hydrogens (tertiary/aromatic N) is 3. The Balaban J connectivity index is 1.89. The van der Waals surface area contributed by atoms with E-state index in [2.05, 4.69) is 25.9 Å². The molecule has 0 radical (unpaired) electrons. The number of carbonyl (C=O) groups excluding carboxylic acids is 1. The molecular weight excluding hydrogens is 246 g/mol. The summed E-state index contributed by atoms with van der Waals surface area (Å²) in [6, 6.07) is 8.85. The summed E-state index contributed by atoms with van der Waals surface area (Å²) < 4.78 is 5.52. The largest absolute Gasteiger partial charge is 0.481 e. The Hall–Kier alpha value is -2.44. The smallest absolute Gasteiger partial charge is 0.261 e. The van der Waals surface area contributed by atoms with E-state index in [1.807, 2.05) is 18.2 Å². The molecule has 0 aliphatic rings. The zero-order valence-corrected chi connectivity index (χ0v) is 10.7. The normalized spacial score (nSPS) is 13.6. The van der Waals surface area contributed by atoms with E-state index in [1.165, 1.54) is 0 Å². The van der Waals surface area contributed by atoms with Crippen molar-refractivity contribution in [1.82, 2.24) is 25.9 Å². The van der Waals surface area contributed by atoms with Crippen molar-refractivity contribution >= 4 is 5.91 Å². The third kappa shape index (κ3) is 3.51. The number of carbonyl (C=O) groups is 1. The Morgan fingerprint density at radius 1 is 1.32 bits per heavy atom. The lowest BCUT2D eigenvalue weighted by Gasteiger charge is -2.16. The Labute approximate surface area is 110 Å². The molecule has 1 aromatic heterocycles. The van der Waals surface area contributed by atoms with Gasteiger partial charge in [-0.05, 0) is 26.0 Å². The van der Waals surface area contributed by atoms with E-state index in [4.69, 9.17) is 4.74 Å². The quantitative estimate of drug-likeness (QED) is 0.832. The SMILES string of the molecule is CC(Oc1ccccc1)C(=O)NC(C)c1nn[nH]n1. The lowest BCUT2D eigenvalue weighted by atomic mass is 10.3. The van der Waals surface area contributed by atoms with Crippen molar-refractivity contribution in [3.8, 4) is 5.75 Å². The van der Waals surface area contributed by atoms with Crippen LogP contribution >= 0.6 is 0 Å². The Kier molecular flexibility index (Phi) is 4.07. The van der Waals surface area contributed by atoms with Crippen LogP contribution in [0.2, 0.25) is 0 Å². The molecule has 7 heteroatoms. The number of tetrazole rings is 1. The average Bonchev–Trinajstić information content (AvgIpc) is 2.93. The maximum atomic E-state index is 11.9. The monoisotopic (exact) mass is 261 g/mol. The van der Waals surface area contributed by atoms with Crippen molar-refractivity contribution in [2.75, 3.05) is 0 Å². The number of hydrogen-bond donors (Lipinski definition) is 2. The van der Waals surface area contributed by atoms with Gasteiger partial charge in [-0.15, -0.1) is 10.2 Å². The fraction of sp³-hybridized carbons (Fsp3) is 0.333. The van der Waals surface area contributed by atoms with E-state index in [0.717, 1.165) is 0 Å². The standard InChI is InChI=1S/C12H15N5O2/c1-8(11-14-16-17-15-11)13-12(18)9(2)19-10-6-4-3-5-7-10/h3-9H,1-2H3,(H,13,18)(H,14,15,16,17). The second-order valence-corrected chi connectivity index (χ2v) is 4.07. The number of nitrogens with one attached hydrogen (secondary N) is 2. The van der Waals surface area contributed by atoms with Crippen molar-refractivity contribution in [1.29, 1.82) is 0 Å². The molecule has 2 N–H and O–H groups in total. The first kappa shape index (κ1) is 13.0. The van der Waals surface area contributed by atoms with Crippen molar-refractivity contribution in [2.45, 2.75) is 26.0 Å². The summed E-state index contributed by atoms with van der Waals surface area (Å²) in [7, 11) is 0. The van der Waals surface area contributed by atoms with Gasteiger partial charge < -0.3 is 10.1 Å². The number of amides is 1. The predicted molar refractivity (Wildman–Crippen MR) is 67.3 cm³/mol. The molecule has 0 saturated carbocycles. The molecule has 19 heavy (non-hydrogen) atoms. The van der Waals surface area contributed by atoms with Crippen molar-refractivity contribution in [2.24, 2.45) is 0 Å². The predicted octanol–water partition coefficient (Wildman–Crippen LogP) is 0.844. The van der Waals surface area contributed by atoms with Crippen molar-refractivity contribution < 1.29 is 9.53 Å². The molecule has 0 fully saturated rings. The lowest BCUT2D eigenvalue weighted by Crippen LogP contribution is -2.38. The third-order valence-corrected chi connectivity index (χ3v) is 2.53. The molecule has 2 rings (SSSR count). The van der Waals surface area contributed by atoms with Crippen molar-refractivity contribution in [3.63, 3.8) is 0 Å². The Morgan fingerprint density at radius 2 is 2.05 bits per heavy atom. The van der Waals surface area contributed by atoms with E-state index in [0.29, 0.717) is 11.6 Å². The van der Waals surface area contributed by atoms with Gasteiger partial charge in [0.25, 0.3) is 5.91 Å². The highest BCUT2D eigenvalue weighted by Crippen LogP contribution is 2.11. The van der Waals surface area contributed by atoms with E-state index in [-0.39, 0.29) is 11.9 Å². The molecule has 2 atom stereocenters. The molecule has 7 nitrogen and oxygen atoms in total. The van der Waals surface area contributed by atoms with Crippen LogP contribution in [-0.4, -0.2) is 32.6 Å². The highest BCUT2D eigenvalue weighted by Gasteiger charge is 2.19. The lowest BCUT2D eigenvalue weighted by molar-refractivity contribution is -0.128. The van der Waals surface area contributed by atoms with E-state index in [9.17, 15) is 4.79 Å². The van der Waals surface area contributed by atoms with E-state index in [1.54, 1.807) is 26.0 Å². The molecule has 100 valence electrons. The number of ether oxygens (including phenoxy) is 1. The molecular formula is C12H15N5O2. The van der Waals surface area contributed by atoms with Crippen LogP contribution in [0, 0.1) is 0 Å². The van der Waals surface area contributed by atoms with Gasteiger partial charge in [-0.25, -0.2) is 0 Å². The minimum atomic E-state index is -0.600. The van der Waals surface area contributed by atoms with Crippen LogP contribution in [0.5, 0.6) is 5.75 Å². The van der Waals surface area contributed by atoms with Gasteiger partial charge in [0.1, 0.15) is 5.75 Å². The zero-order valence-electron chi connectivity index (χ0n) is 10.7. The summed E-state index contributed by atoms with van der Waals surface area (Å²) in [6.07, 6.45) is -0.600. The summed E-state index contributed by atoms with van der Waals surface area (Å²) in [5.41, 5.74) is 0. The molecule has 2 aromatic rings. The fourth-order valence-electron chi connectivity index (χ4n) is 1.50. The molecule has 1 amide bonds. The molecule has 0 spiro atoms. The summed E-state index contributed by atoms with van der Waals surface area (Å²) in [4.78, 5) is 11.9. The first-order valence-corrected chi connectivity index (χ1v) is 5.92. The number of aromatic amines is 1. The maximum Gasteiger partial charge on any atom is 0.261 e. The first-order chi connectivity index (χ1) is 9.16. The third-order valence-electron chi connectivity index (χ3n) is 2.53. The van der Waals surface area contributed by atoms with Gasteiger partial charge in [0.05, 0.1) is 6.04 Å². The number of aromatic nitrogens is 4. The van der Waals surface area contributed by atoms with Gasteiger partial charge in [-0.1, -0.05) is 23.4 Å². The number of benzene rings is 1. The maximum absolute atomic E-state index is 11.9. The van der Waals surface area contributed by atoms with Crippen LogP contribution in [0.15, 0.2) is 30.3 Å². The van der Waals surface area contributed by atoms with Gasteiger partial charge in [0.2, 0.25) is 0 Å². The highest BCUT2D eigenvalue weighted by atomic mass is 16.5. The average molecular weight is 261 g/mol. The minimum absolute atomic E-state index is 0.235. The summed E-state index contributed by atoms with van der Waals surface area (Å²) >= 11 is 0.